The number of aliphatic hydroxyl groups excluding tert-OH is 2. The maximum absolute atomic E-state index is 12.8. The molecule has 1 unspecified atom stereocenters. The molecule has 5 rings (SSSR count). The minimum absolute atomic E-state index is 0.00672. The summed E-state index contributed by atoms with van der Waals surface area (Å²) in [5, 5.41) is 23.1. The number of para-hydroxylation sites is 1. The zero-order chi connectivity index (χ0) is 41.6. The molecule has 3 fully saturated rings. The summed E-state index contributed by atoms with van der Waals surface area (Å²) in [5.74, 6) is 1.67. The lowest BCUT2D eigenvalue weighted by Gasteiger charge is -2.33. The van der Waals surface area contributed by atoms with Gasteiger partial charge in [0.05, 0.1) is 24.7 Å². The molecule has 4 amide bonds. The van der Waals surface area contributed by atoms with Gasteiger partial charge in [0.25, 0.3) is 5.56 Å². The third-order valence-electron chi connectivity index (χ3n) is 9.49. The largest absolute Gasteiger partial charge is 0.496 e. The van der Waals surface area contributed by atoms with E-state index < -0.39 is 11.6 Å². The molecule has 0 spiro atoms. The quantitative estimate of drug-likeness (QED) is 0.0799. The molecule has 3 aliphatic rings. The highest BCUT2D eigenvalue weighted by atomic mass is 16.5. The monoisotopic (exact) mass is 772 g/mol. The second kappa shape index (κ2) is 25.0. The number of methoxy groups -OCH3 is 1. The van der Waals surface area contributed by atoms with Gasteiger partial charge in [0.2, 0.25) is 24.1 Å². The van der Waals surface area contributed by atoms with Crippen LogP contribution in [0, 0.1) is 11.8 Å². The Morgan fingerprint density at radius 3 is 2.27 bits per heavy atom. The third kappa shape index (κ3) is 16.6. The van der Waals surface area contributed by atoms with Crippen molar-refractivity contribution < 1.29 is 34.1 Å². The van der Waals surface area contributed by atoms with Gasteiger partial charge in [-0.15, -0.1) is 6.58 Å². The van der Waals surface area contributed by atoms with Crippen LogP contribution in [0.3, 0.4) is 0 Å². The Morgan fingerprint density at radius 1 is 1.07 bits per heavy atom. The van der Waals surface area contributed by atoms with Crippen molar-refractivity contribution in [1.29, 1.82) is 0 Å². The van der Waals surface area contributed by atoms with E-state index in [0.29, 0.717) is 25.8 Å². The van der Waals surface area contributed by atoms with E-state index in [2.05, 4.69) is 48.3 Å². The smallest absolute Gasteiger partial charge is 0.255 e. The van der Waals surface area contributed by atoms with E-state index in [4.69, 9.17) is 14.9 Å². The molecule has 13 nitrogen and oxygen atoms in total. The summed E-state index contributed by atoms with van der Waals surface area (Å²) in [7, 11) is 3.65. The number of hydrogen-bond acceptors (Lipinski definition) is 8. The summed E-state index contributed by atoms with van der Waals surface area (Å²) in [6, 6.07) is 7.18. The molecule has 1 aromatic heterocycles. The van der Waals surface area contributed by atoms with Crippen LogP contribution in [0.5, 0.6) is 5.75 Å². The van der Waals surface area contributed by atoms with Crippen LogP contribution >= 0.6 is 0 Å². The number of hydrogen-bond donors (Lipinski definition) is 6. The van der Waals surface area contributed by atoms with Crippen molar-refractivity contribution >= 4 is 35.0 Å². The molecule has 13 heteroatoms. The van der Waals surface area contributed by atoms with Gasteiger partial charge < -0.3 is 40.8 Å². The van der Waals surface area contributed by atoms with Gasteiger partial charge in [0.15, 0.2) is 0 Å². The number of fused-ring (bicyclic) bond motifs is 1. The van der Waals surface area contributed by atoms with E-state index in [9.17, 15) is 24.0 Å². The predicted molar refractivity (Wildman–Crippen MR) is 219 cm³/mol. The van der Waals surface area contributed by atoms with Gasteiger partial charge in [-0.2, -0.15) is 0 Å². The molecule has 2 saturated carbocycles. The van der Waals surface area contributed by atoms with Gasteiger partial charge in [-0.05, 0) is 82.8 Å². The number of carbonyl (C=O) groups excluding carboxylic acids is 4. The number of nitrogens with zero attached hydrogens (tertiary/aromatic N) is 1. The maximum atomic E-state index is 12.8. The van der Waals surface area contributed by atoms with E-state index in [1.165, 1.54) is 37.0 Å². The molecule has 1 aromatic carbocycles. The summed E-state index contributed by atoms with van der Waals surface area (Å²) in [6.45, 7) is 14.1. The van der Waals surface area contributed by atoms with Gasteiger partial charge in [-0.3, -0.25) is 24.0 Å². The SMILES string of the molecule is C=CC[C@@](C)(NC(=O)C1CCCN1C(=O)CNC=O)C(=O)NC1(C)CC1.CC(C)C.CO.CO.COc1c(CCCCCC2CC2)c(=O)[nH]c2ccccc12. The molecule has 6 N–H and O–H groups in total. The minimum atomic E-state index is -1.12. The number of aromatic amines is 1. The van der Waals surface area contributed by atoms with Crippen LogP contribution in [0.2, 0.25) is 0 Å². The fraction of sp³-hybridized carbons (Fsp3) is 0.643. The van der Waals surface area contributed by atoms with Crippen molar-refractivity contribution in [1.82, 2.24) is 25.8 Å². The normalized spacial score (nSPS) is 17.1. The second-order valence-electron chi connectivity index (χ2n) is 15.4. The molecule has 1 aliphatic heterocycles. The minimum Gasteiger partial charge on any atom is -0.496 e. The van der Waals surface area contributed by atoms with Crippen LogP contribution in [0.4, 0.5) is 0 Å². The number of amides is 4. The number of aliphatic hydroxyl groups is 2. The van der Waals surface area contributed by atoms with Crippen molar-refractivity contribution in [2.24, 2.45) is 11.8 Å². The van der Waals surface area contributed by atoms with Crippen molar-refractivity contribution in [2.75, 3.05) is 34.4 Å². The van der Waals surface area contributed by atoms with Crippen LogP contribution in [-0.2, 0) is 25.6 Å². The van der Waals surface area contributed by atoms with Crippen molar-refractivity contribution in [3.8, 4) is 5.75 Å². The zero-order valence-electron chi connectivity index (χ0n) is 34.6. The highest BCUT2D eigenvalue weighted by Crippen LogP contribution is 2.35. The maximum Gasteiger partial charge on any atom is 0.255 e. The third-order valence-corrected chi connectivity index (χ3v) is 9.49. The summed E-state index contributed by atoms with van der Waals surface area (Å²) in [6.07, 6.45) is 14.0. The number of aromatic nitrogens is 1. The van der Waals surface area contributed by atoms with Crippen molar-refractivity contribution in [2.45, 2.75) is 129 Å². The Labute approximate surface area is 328 Å². The number of nitrogens with one attached hydrogen (secondary N) is 4. The van der Waals surface area contributed by atoms with Crippen LogP contribution in [0.25, 0.3) is 10.9 Å². The number of unbranched alkanes of at least 4 members (excludes halogenated alkanes) is 2. The molecular formula is C42H69N5O8. The number of ether oxygens (including phenoxy) is 1. The topological polar surface area (TPSA) is 190 Å². The number of H-pyrrole nitrogens is 1. The number of carbonyl (C=O) groups is 4. The van der Waals surface area contributed by atoms with Crippen LogP contribution in [0.15, 0.2) is 41.7 Å². The summed E-state index contributed by atoms with van der Waals surface area (Å²) in [5.41, 5.74) is 0.315. The summed E-state index contributed by atoms with van der Waals surface area (Å²) < 4.78 is 5.52. The van der Waals surface area contributed by atoms with Crippen molar-refractivity contribution in [3.05, 3.63) is 52.8 Å². The molecule has 55 heavy (non-hydrogen) atoms. The molecule has 2 aromatic rings. The Balaban J connectivity index is 0.000000469. The molecule has 1 saturated heterocycles. The van der Waals surface area contributed by atoms with E-state index >= 15 is 0 Å². The van der Waals surface area contributed by atoms with Crippen LogP contribution in [0.1, 0.15) is 111 Å². The van der Waals surface area contributed by atoms with Crippen LogP contribution < -0.4 is 26.2 Å². The van der Waals surface area contributed by atoms with E-state index in [1.54, 1.807) is 20.1 Å². The number of pyridine rings is 1. The first-order chi connectivity index (χ1) is 26.3. The standard InChI is InChI=1S/C18H28N4O4.C18H23NO2.C4H10.2CH4O/c1-4-7-18(3,16(26)21-17(2)8-9-17)20-15(25)13-6-5-10-22(13)14(24)11-19-12-23;1-21-17-14-8-5-6-10-16(14)19-18(20)15(17)9-4-2-3-7-13-11-12-13;1-4(2)3;2*1-2/h4,12-13H,1,5-11H2,2-3H3,(H,19,23)(H,20,25)(H,21,26);5-6,8,10,13H,2-4,7,9,11-12H2,1H3,(H,19,20);4H,1-3H3;2*2H,1H3/t13?,18-;;;;/m1..../s1. The molecule has 2 atom stereocenters. The molecule has 0 radical (unpaired) electrons. The molecule has 310 valence electrons. The molecule has 2 aliphatic carbocycles. The molecule has 2 heterocycles. The molecular weight excluding hydrogens is 702 g/mol. The fourth-order valence-corrected chi connectivity index (χ4v) is 6.17. The van der Waals surface area contributed by atoms with Crippen molar-refractivity contribution in [3.63, 3.8) is 0 Å². The Kier molecular flexibility index (Phi) is 22.2. The van der Waals surface area contributed by atoms with E-state index in [1.807, 2.05) is 31.2 Å². The average molecular weight is 772 g/mol. The first-order valence-electron chi connectivity index (χ1n) is 19.6. The Bertz CT molecular complexity index is 1550. The van der Waals surface area contributed by atoms with Gasteiger partial charge in [-0.1, -0.05) is 71.1 Å². The lowest BCUT2D eigenvalue weighted by atomic mass is 9.95. The number of benzene rings is 1. The summed E-state index contributed by atoms with van der Waals surface area (Å²) >= 11 is 0. The zero-order valence-corrected chi connectivity index (χ0v) is 34.6. The lowest BCUT2D eigenvalue weighted by molar-refractivity contribution is -0.140. The first kappa shape index (κ1) is 48.8. The Morgan fingerprint density at radius 2 is 1.71 bits per heavy atom. The van der Waals surface area contributed by atoms with E-state index in [0.717, 1.165) is 74.0 Å². The summed E-state index contributed by atoms with van der Waals surface area (Å²) in [4.78, 5) is 64.7. The highest BCUT2D eigenvalue weighted by molar-refractivity contribution is 5.95. The van der Waals surface area contributed by atoms with Gasteiger partial charge >= 0.3 is 0 Å². The number of likely N-dealkylation sites (tertiary alicyclic amines) is 1. The second-order valence-corrected chi connectivity index (χ2v) is 15.4. The van der Waals surface area contributed by atoms with Gasteiger partial charge in [0, 0.05) is 31.7 Å². The van der Waals surface area contributed by atoms with E-state index in [-0.39, 0.29) is 41.8 Å². The van der Waals surface area contributed by atoms with Gasteiger partial charge in [0.1, 0.15) is 17.3 Å². The Hall–Kier alpha value is -4.23. The lowest BCUT2D eigenvalue weighted by Crippen LogP contribution is -2.61. The number of rotatable bonds is 16. The fourth-order valence-electron chi connectivity index (χ4n) is 6.17. The predicted octanol–water partition coefficient (Wildman–Crippen LogP) is 4.77. The van der Waals surface area contributed by atoms with Gasteiger partial charge in [-0.25, -0.2) is 0 Å². The first-order valence-corrected chi connectivity index (χ1v) is 19.6. The average Bonchev–Trinajstić information content (AvgIpc) is 4.08. The highest BCUT2D eigenvalue weighted by Gasteiger charge is 2.45. The van der Waals surface area contributed by atoms with Crippen LogP contribution in [-0.4, -0.2) is 95.8 Å². The molecule has 0 bridgehead atoms.